The number of benzene rings is 3. The first-order valence-corrected chi connectivity index (χ1v) is 17.8. The van der Waals surface area contributed by atoms with Crippen LogP contribution in [-0.2, 0) is 19.4 Å². The van der Waals surface area contributed by atoms with E-state index in [1.54, 1.807) is 12.1 Å². The van der Waals surface area contributed by atoms with Crippen molar-refractivity contribution in [1.29, 1.82) is 0 Å². The fraction of sp³-hybridized carbons (Fsp3) is 0.387. The number of hydrogen-bond donors (Lipinski definition) is 1. The predicted octanol–water partition coefficient (Wildman–Crippen LogP) is 6.76. The third-order valence-corrected chi connectivity index (χ3v) is 10.5. The second-order valence-electron chi connectivity index (χ2n) is 9.85. The van der Waals surface area contributed by atoms with Gasteiger partial charge in [0.05, 0.1) is 23.0 Å². The first-order valence-electron chi connectivity index (χ1n) is 14.5. The van der Waals surface area contributed by atoms with Gasteiger partial charge in [-0.15, -0.1) is 27.5 Å². The van der Waals surface area contributed by atoms with Gasteiger partial charge in [0.1, 0.15) is 24.4 Å². The third-order valence-electron chi connectivity index (χ3n) is 7.63. The standard InChI is InChI=1S/C31H37Cl2N3O6S2/c1-5-34(6-2)22-9-12-25-28(19-22)40-29-20-23(35(7-3)8-4)10-13-26(29)31(25)27-14-11-24(21-30(27)43-42-41-37)44(38,39)36(17-15-32)18-16-33/h9-14,19-21H,5-8,15-18H2,1-4H3/p+1. The molecule has 1 aliphatic heterocycles. The van der Waals surface area contributed by atoms with Crippen molar-refractivity contribution in [2.24, 2.45) is 0 Å². The van der Waals surface area contributed by atoms with E-state index in [2.05, 4.69) is 54.3 Å². The molecule has 44 heavy (non-hydrogen) atoms. The van der Waals surface area contributed by atoms with E-state index in [0.717, 1.165) is 53.7 Å². The van der Waals surface area contributed by atoms with E-state index in [0.29, 0.717) is 33.8 Å². The summed E-state index contributed by atoms with van der Waals surface area (Å²) < 4.78 is 42.1. The van der Waals surface area contributed by atoms with Gasteiger partial charge in [0.25, 0.3) is 0 Å². The van der Waals surface area contributed by atoms with E-state index in [9.17, 15) is 8.42 Å². The largest absolute Gasteiger partial charge is 0.456 e. The van der Waals surface area contributed by atoms with Crippen molar-refractivity contribution in [3.63, 3.8) is 0 Å². The van der Waals surface area contributed by atoms with Crippen molar-refractivity contribution >= 4 is 61.9 Å². The van der Waals surface area contributed by atoms with Crippen molar-refractivity contribution < 1.29 is 27.5 Å². The molecule has 0 saturated heterocycles. The number of hydrogen-bond acceptors (Lipinski definition) is 8. The van der Waals surface area contributed by atoms with Crippen molar-refractivity contribution in [1.82, 2.24) is 8.88 Å². The van der Waals surface area contributed by atoms with Crippen molar-refractivity contribution in [2.75, 3.05) is 55.9 Å². The van der Waals surface area contributed by atoms with Crippen LogP contribution in [0.3, 0.4) is 0 Å². The summed E-state index contributed by atoms with van der Waals surface area (Å²) in [7, 11) is -3.94. The molecule has 0 spiro atoms. The van der Waals surface area contributed by atoms with E-state index >= 15 is 0 Å². The van der Waals surface area contributed by atoms with Crippen molar-refractivity contribution in [3.8, 4) is 22.5 Å². The summed E-state index contributed by atoms with van der Waals surface area (Å²) in [4.78, 5) is 2.68. The maximum atomic E-state index is 13.6. The lowest BCUT2D eigenvalue weighted by Crippen LogP contribution is -2.34. The second-order valence-corrected chi connectivity index (χ2v) is 13.3. The molecule has 1 N–H and O–H groups in total. The number of fused-ring (bicyclic) bond motifs is 2. The molecule has 2 aromatic carbocycles. The lowest BCUT2D eigenvalue weighted by Gasteiger charge is -2.23. The quantitative estimate of drug-likeness (QED) is 0.0367. The van der Waals surface area contributed by atoms with Gasteiger partial charge < -0.3 is 9.32 Å². The van der Waals surface area contributed by atoms with Crippen LogP contribution in [0, 0.1) is 0 Å². The van der Waals surface area contributed by atoms with Crippen LogP contribution in [0.2, 0.25) is 0 Å². The molecule has 0 unspecified atom stereocenters. The van der Waals surface area contributed by atoms with Crippen LogP contribution in [0.5, 0.6) is 0 Å². The zero-order chi connectivity index (χ0) is 31.9. The Labute approximate surface area is 273 Å². The van der Waals surface area contributed by atoms with Crippen LogP contribution >= 0.6 is 35.2 Å². The predicted molar refractivity (Wildman–Crippen MR) is 179 cm³/mol. The van der Waals surface area contributed by atoms with Gasteiger partial charge in [0.15, 0.2) is 0 Å². The fourth-order valence-electron chi connectivity index (χ4n) is 5.41. The van der Waals surface area contributed by atoms with Crippen LogP contribution in [0.4, 0.5) is 5.69 Å². The van der Waals surface area contributed by atoms with E-state index in [4.69, 9.17) is 37.2 Å². The highest BCUT2D eigenvalue weighted by Gasteiger charge is 2.27. The number of sulfonamides is 1. The van der Waals surface area contributed by atoms with Gasteiger partial charge in [-0.1, -0.05) is 11.1 Å². The number of alkyl halides is 2. The van der Waals surface area contributed by atoms with Crippen molar-refractivity contribution in [3.05, 3.63) is 60.0 Å². The minimum Gasteiger partial charge on any atom is -0.456 e. The Morgan fingerprint density at radius 3 is 2.20 bits per heavy atom. The Morgan fingerprint density at radius 1 is 0.909 bits per heavy atom. The summed E-state index contributed by atoms with van der Waals surface area (Å²) in [6.07, 6.45) is 0. The molecule has 0 bridgehead atoms. The van der Waals surface area contributed by atoms with Crippen LogP contribution < -0.4 is 14.8 Å². The first-order chi connectivity index (χ1) is 21.3. The molecule has 9 nitrogen and oxygen atoms in total. The number of halogens is 2. The number of nitrogens with zero attached hydrogens (tertiary/aromatic N) is 3. The maximum absolute atomic E-state index is 13.6. The van der Waals surface area contributed by atoms with Gasteiger partial charge in [0, 0.05) is 77.2 Å². The highest BCUT2D eigenvalue weighted by molar-refractivity contribution is 7.94. The van der Waals surface area contributed by atoms with Crippen LogP contribution in [0.25, 0.3) is 33.4 Å². The summed E-state index contributed by atoms with van der Waals surface area (Å²) >= 11 is 12.5. The normalized spacial score (nSPS) is 12.0. The molecule has 1 aliphatic carbocycles. The fourth-order valence-corrected chi connectivity index (χ4v) is 8.10. The number of anilines is 1. The number of rotatable bonds is 15. The lowest BCUT2D eigenvalue weighted by atomic mass is 9.93. The molecule has 0 amide bonds. The van der Waals surface area contributed by atoms with Crippen LogP contribution in [-0.4, -0.2) is 69.0 Å². The van der Waals surface area contributed by atoms with Gasteiger partial charge in [-0.3, -0.25) is 0 Å². The van der Waals surface area contributed by atoms with Crippen LogP contribution in [0.15, 0.2) is 68.8 Å². The van der Waals surface area contributed by atoms with Gasteiger partial charge in [0.2, 0.25) is 15.4 Å². The van der Waals surface area contributed by atoms with Gasteiger partial charge in [-0.2, -0.15) is 4.31 Å². The molecule has 0 aromatic heterocycles. The van der Waals surface area contributed by atoms with Crippen molar-refractivity contribution in [2.45, 2.75) is 37.5 Å². The summed E-state index contributed by atoms with van der Waals surface area (Å²) in [5.74, 6) is 0.914. The Bertz CT molecular complexity index is 1720. The molecule has 2 aliphatic rings. The average Bonchev–Trinajstić information content (AvgIpc) is 3.03. The minimum atomic E-state index is -3.94. The molecule has 0 fully saturated rings. The molecule has 0 radical (unpaired) electrons. The zero-order valence-corrected chi connectivity index (χ0v) is 28.4. The van der Waals surface area contributed by atoms with Gasteiger partial charge in [-0.05, 0) is 63.6 Å². The highest BCUT2D eigenvalue weighted by Crippen LogP contribution is 2.45. The topological polar surface area (TPSA) is 95.5 Å². The second kappa shape index (κ2) is 15.8. The van der Waals surface area contributed by atoms with E-state index in [-0.39, 0.29) is 29.7 Å². The monoisotopic (exact) mass is 682 g/mol. The molecule has 2 aromatic rings. The summed E-state index contributed by atoms with van der Waals surface area (Å²) in [5, 5.41) is 14.8. The minimum absolute atomic E-state index is 0.0300. The average molecular weight is 684 g/mol. The molecule has 238 valence electrons. The van der Waals surface area contributed by atoms with Gasteiger partial charge >= 0.3 is 0 Å². The third kappa shape index (κ3) is 7.21. The Morgan fingerprint density at radius 2 is 1.59 bits per heavy atom. The highest BCUT2D eigenvalue weighted by atomic mass is 35.5. The maximum Gasteiger partial charge on any atom is 0.243 e. The SMILES string of the molecule is CCN(CC)c1ccc2c(-c3ccc(S(=O)(=O)N(CCCl)CCCl)cc3SOOO)c3ccc(=[N+](CC)CC)cc-3oc2c1. The summed E-state index contributed by atoms with van der Waals surface area (Å²) in [5.41, 5.74) is 4.03. The molecular formula is C31H38Cl2N3O6S2+. The zero-order valence-electron chi connectivity index (χ0n) is 25.3. The van der Waals surface area contributed by atoms with Crippen LogP contribution in [0.1, 0.15) is 27.7 Å². The lowest BCUT2D eigenvalue weighted by molar-refractivity contribution is -0.432. The Hall–Kier alpha value is -2.35. The molecular weight excluding hydrogens is 645 g/mol. The van der Waals surface area contributed by atoms with E-state index < -0.39 is 10.0 Å². The molecule has 1 heterocycles. The molecule has 0 atom stereocenters. The van der Waals surface area contributed by atoms with Gasteiger partial charge in [-0.25, -0.2) is 18.3 Å². The Kier molecular flexibility index (Phi) is 12.4. The first kappa shape index (κ1) is 34.5. The molecule has 4 rings (SSSR count). The van der Waals surface area contributed by atoms with E-state index in [1.807, 2.05) is 24.3 Å². The molecule has 0 saturated carbocycles. The summed E-state index contributed by atoms with van der Waals surface area (Å²) in [6, 6.07) is 17.0. The Balaban J connectivity index is 2.05. The summed E-state index contributed by atoms with van der Waals surface area (Å²) in [6.45, 7) is 12.0. The van der Waals surface area contributed by atoms with E-state index in [1.165, 1.54) is 10.4 Å². The smallest absolute Gasteiger partial charge is 0.243 e. The molecule has 13 heteroatoms.